The van der Waals surface area contributed by atoms with Crippen LogP contribution < -0.4 is 5.32 Å². The van der Waals surface area contributed by atoms with Gasteiger partial charge < -0.3 is 5.32 Å². The highest BCUT2D eigenvalue weighted by Gasteiger charge is 2.12. The van der Waals surface area contributed by atoms with Crippen molar-refractivity contribution in [2.24, 2.45) is 0 Å². The van der Waals surface area contributed by atoms with Gasteiger partial charge in [-0.05, 0) is 39.5 Å². The highest BCUT2D eigenvalue weighted by molar-refractivity contribution is 9.10. The highest BCUT2D eigenvalue weighted by atomic mass is 79.9. The van der Waals surface area contributed by atoms with Crippen LogP contribution in [0.5, 0.6) is 0 Å². The van der Waals surface area contributed by atoms with Crippen LogP contribution in [0, 0.1) is 0 Å². The molecule has 3 rings (SSSR count). The van der Waals surface area contributed by atoms with E-state index in [-0.39, 0.29) is 5.91 Å². The molecule has 5 nitrogen and oxygen atoms in total. The zero-order chi connectivity index (χ0) is 15.7. The molecule has 0 fully saturated rings. The van der Waals surface area contributed by atoms with E-state index in [4.69, 9.17) is 0 Å². The summed E-state index contributed by atoms with van der Waals surface area (Å²) < 4.78 is 2.38. The number of fused-ring (bicyclic) bond motifs is 1. The molecular weight excluding hydrogens is 344 g/mol. The van der Waals surface area contributed by atoms with Gasteiger partial charge in [0.25, 0.3) is 5.91 Å². The van der Waals surface area contributed by atoms with Crippen LogP contribution in [0.25, 0.3) is 5.65 Å². The zero-order valence-corrected chi connectivity index (χ0v) is 13.8. The van der Waals surface area contributed by atoms with Crippen LogP contribution in [0.15, 0.2) is 47.2 Å². The number of hydrogen-bond donors (Lipinski definition) is 1. The summed E-state index contributed by atoms with van der Waals surface area (Å²) in [6.45, 7) is 4.27. The van der Waals surface area contributed by atoms with E-state index in [0.717, 1.165) is 10.2 Å². The minimum atomic E-state index is -0.251. The SMILES string of the molecule is CC(C)c1ccc(NC(=O)c2cc3ncc(Br)cn3n2)cc1. The van der Waals surface area contributed by atoms with Crippen LogP contribution in [0.3, 0.4) is 0 Å². The van der Waals surface area contributed by atoms with E-state index in [1.807, 2.05) is 24.3 Å². The molecule has 2 aromatic heterocycles. The fourth-order valence-corrected chi connectivity index (χ4v) is 2.41. The number of carbonyl (C=O) groups is 1. The van der Waals surface area contributed by atoms with Crippen molar-refractivity contribution in [3.05, 3.63) is 58.5 Å². The molecule has 1 N–H and O–H groups in total. The minimum absolute atomic E-state index is 0.251. The molecule has 6 heteroatoms. The van der Waals surface area contributed by atoms with E-state index in [1.165, 1.54) is 5.56 Å². The second-order valence-corrected chi connectivity index (χ2v) is 6.25. The van der Waals surface area contributed by atoms with Crippen molar-refractivity contribution in [1.29, 1.82) is 0 Å². The standard InChI is InChI=1S/C16H15BrN4O/c1-10(2)11-3-5-13(6-4-11)19-16(22)14-7-15-18-8-12(17)9-21(15)20-14/h3-10H,1-2H3,(H,19,22). The molecule has 0 aliphatic rings. The molecule has 0 aliphatic carbocycles. The minimum Gasteiger partial charge on any atom is -0.321 e. The van der Waals surface area contributed by atoms with Crippen molar-refractivity contribution in [2.75, 3.05) is 5.32 Å². The number of hydrogen-bond acceptors (Lipinski definition) is 3. The van der Waals surface area contributed by atoms with Crippen molar-refractivity contribution in [1.82, 2.24) is 14.6 Å². The maximum Gasteiger partial charge on any atom is 0.276 e. The van der Waals surface area contributed by atoms with Gasteiger partial charge in [0.05, 0.1) is 4.47 Å². The molecular formula is C16H15BrN4O. The number of nitrogens with zero attached hydrogens (tertiary/aromatic N) is 3. The summed E-state index contributed by atoms with van der Waals surface area (Å²) in [5.41, 5.74) is 2.95. The van der Waals surface area contributed by atoms with Crippen molar-refractivity contribution in [2.45, 2.75) is 19.8 Å². The number of halogens is 1. The third-order valence-corrected chi connectivity index (χ3v) is 3.76. The largest absolute Gasteiger partial charge is 0.321 e. The fourth-order valence-electron chi connectivity index (χ4n) is 2.11. The first-order chi connectivity index (χ1) is 10.5. The predicted molar refractivity (Wildman–Crippen MR) is 89.2 cm³/mol. The Labute approximate surface area is 136 Å². The van der Waals surface area contributed by atoms with E-state index >= 15 is 0 Å². The van der Waals surface area contributed by atoms with Crippen LogP contribution in [0.4, 0.5) is 5.69 Å². The van der Waals surface area contributed by atoms with Gasteiger partial charge in [0.15, 0.2) is 11.3 Å². The van der Waals surface area contributed by atoms with Gasteiger partial charge in [-0.25, -0.2) is 9.50 Å². The molecule has 112 valence electrons. The monoisotopic (exact) mass is 358 g/mol. The van der Waals surface area contributed by atoms with Crippen molar-refractivity contribution in [3.63, 3.8) is 0 Å². The lowest BCUT2D eigenvalue weighted by molar-refractivity contribution is 0.102. The third kappa shape index (κ3) is 3.01. The molecule has 2 heterocycles. The maximum atomic E-state index is 12.3. The van der Waals surface area contributed by atoms with Gasteiger partial charge in [-0.1, -0.05) is 26.0 Å². The molecule has 0 saturated carbocycles. The molecule has 1 aromatic carbocycles. The number of aromatic nitrogens is 3. The number of carbonyl (C=O) groups excluding carboxylic acids is 1. The average Bonchev–Trinajstić information content (AvgIpc) is 2.91. The first-order valence-corrected chi connectivity index (χ1v) is 7.74. The van der Waals surface area contributed by atoms with Crippen molar-refractivity contribution >= 4 is 33.2 Å². The molecule has 22 heavy (non-hydrogen) atoms. The van der Waals surface area contributed by atoms with Gasteiger partial charge in [0.2, 0.25) is 0 Å². The summed E-state index contributed by atoms with van der Waals surface area (Å²) in [7, 11) is 0. The Balaban J connectivity index is 1.80. The number of benzene rings is 1. The van der Waals surface area contributed by atoms with Crippen LogP contribution in [-0.4, -0.2) is 20.5 Å². The topological polar surface area (TPSA) is 59.3 Å². The van der Waals surface area contributed by atoms with Crippen LogP contribution >= 0.6 is 15.9 Å². The summed E-state index contributed by atoms with van der Waals surface area (Å²) in [6.07, 6.45) is 3.43. The quantitative estimate of drug-likeness (QED) is 0.772. The smallest absolute Gasteiger partial charge is 0.276 e. The molecule has 0 aliphatic heterocycles. The molecule has 3 aromatic rings. The predicted octanol–water partition coefficient (Wildman–Crippen LogP) is 3.87. The fraction of sp³-hybridized carbons (Fsp3) is 0.188. The number of rotatable bonds is 3. The second kappa shape index (κ2) is 5.88. The third-order valence-electron chi connectivity index (χ3n) is 3.35. The molecule has 0 unspecified atom stereocenters. The molecule has 0 radical (unpaired) electrons. The number of anilines is 1. The summed E-state index contributed by atoms with van der Waals surface area (Å²) >= 11 is 3.33. The van der Waals surface area contributed by atoms with Crippen molar-refractivity contribution in [3.8, 4) is 0 Å². The van der Waals surface area contributed by atoms with E-state index < -0.39 is 0 Å². The normalized spacial score (nSPS) is 11.1. The molecule has 0 spiro atoms. The summed E-state index contributed by atoms with van der Waals surface area (Å²) in [5, 5.41) is 7.07. The average molecular weight is 359 g/mol. The maximum absolute atomic E-state index is 12.3. The van der Waals surface area contributed by atoms with Gasteiger partial charge >= 0.3 is 0 Å². The number of amides is 1. The summed E-state index contributed by atoms with van der Waals surface area (Å²) in [6, 6.07) is 9.49. The van der Waals surface area contributed by atoms with Gasteiger partial charge in [0.1, 0.15) is 0 Å². The van der Waals surface area contributed by atoms with Gasteiger partial charge in [-0.2, -0.15) is 5.10 Å². The lowest BCUT2D eigenvalue weighted by Crippen LogP contribution is -2.12. The first-order valence-electron chi connectivity index (χ1n) is 6.95. The van der Waals surface area contributed by atoms with Gasteiger partial charge in [-0.15, -0.1) is 0 Å². The van der Waals surface area contributed by atoms with E-state index in [1.54, 1.807) is 23.0 Å². The molecule has 1 amide bonds. The van der Waals surface area contributed by atoms with Crippen LogP contribution in [0.1, 0.15) is 35.8 Å². The number of nitrogens with one attached hydrogen (secondary N) is 1. The molecule has 0 bridgehead atoms. The Morgan fingerprint density at radius 1 is 1.27 bits per heavy atom. The first kappa shape index (κ1) is 14.7. The lowest BCUT2D eigenvalue weighted by Gasteiger charge is -2.07. The molecule has 0 atom stereocenters. The van der Waals surface area contributed by atoms with Crippen LogP contribution in [-0.2, 0) is 0 Å². The summed E-state index contributed by atoms with van der Waals surface area (Å²) in [4.78, 5) is 16.5. The molecule has 0 saturated heterocycles. The Morgan fingerprint density at radius 3 is 2.68 bits per heavy atom. The van der Waals surface area contributed by atoms with E-state index in [2.05, 4.69) is 45.2 Å². The second-order valence-electron chi connectivity index (χ2n) is 5.34. The van der Waals surface area contributed by atoms with Gasteiger partial charge in [-0.3, -0.25) is 4.79 Å². The Hall–Kier alpha value is -2.21. The van der Waals surface area contributed by atoms with Crippen LogP contribution in [0.2, 0.25) is 0 Å². The van der Waals surface area contributed by atoms with E-state index in [0.29, 0.717) is 17.3 Å². The Morgan fingerprint density at radius 2 is 2.00 bits per heavy atom. The van der Waals surface area contributed by atoms with E-state index in [9.17, 15) is 4.79 Å². The van der Waals surface area contributed by atoms with Gasteiger partial charge in [0, 0.05) is 24.1 Å². The summed E-state index contributed by atoms with van der Waals surface area (Å²) in [5.74, 6) is 0.214. The zero-order valence-electron chi connectivity index (χ0n) is 12.2. The Kier molecular flexibility index (Phi) is 3.94. The van der Waals surface area contributed by atoms with Crippen molar-refractivity contribution < 1.29 is 4.79 Å². The lowest BCUT2D eigenvalue weighted by atomic mass is 10.0. The highest BCUT2D eigenvalue weighted by Crippen LogP contribution is 2.18. The Bertz CT molecular complexity index is 824.